The molecular weight excluding hydrogens is 398 g/mol. The highest BCUT2D eigenvalue weighted by Gasteiger charge is 2.28. The average molecular weight is 427 g/mol. The van der Waals surface area contributed by atoms with Crippen molar-refractivity contribution < 1.29 is 18.3 Å². The summed E-state index contributed by atoms with van der Waals surface area (Å²) in [7, 11) is 1.88. The molecule has 0 aliphatic heterocycles. The summed E-state index contributed by atoms with van der Waals surface area (Å²) >= 11 is 0. The molecule has 0 aromatic heterocycles. The van der Waals surface area contributed by atoms with Crippen molar-refractivity contribution in [3.63, 3.8) is 0 Å². The molecule has 3 aromatic carbocycles. The van der Waals surface area contributed by atoms with E-state index < -0.39 is 5.92 Å². The molecule has 3 rings (SSSR count). The van der Waals surface area contributed by atoms with E-state index in [1.165, 1.54) is 19.1 Å². The molecule has 0 fully saturated rings. The van der Waals surface area contributed by atoms with Crippen LogP contribution in [0, 0.1) is 0 Å². The molecule has 0 heterocycles. The number of alkyl halides is 2. The number of hydrogen-bond acceptors (Lipinski definition) is 3. The molecule has 0 aliphatic carbocycles. The van der Waals surface area contributed by atoms with E-state index >= 15 is 0 Å². The minimum absolute atomic E-state index is 0.0279. The minimum atomic E-state index is -2.85. The Morgan fingerprint density at radius 2 is 1.84 bits per heavy atom. The number of hydrogen-bond donors (Lipinski definition) is 2. The summed E-state index contributed by atoms with van der Waals surface area (Å²) in [5.41, 5.74) is 0.548. The zero-order valence-electron chi connectivity index (χ0n) is 18.0. The van der Waals surface area contributed by atoms with Crippen molar-refractivity contribution in [2.75, 3.05) is 13.6 Å². The quantitative estimate of drug-likeness (QED) is 0.450. The predicted octanol–water partition coefficient (Wildman–Crippen LogP) is 5.86. The van der Waals surface area contributed by atoms with Gasteiger partial charge in [-0.1, -0.05) is 19.1 Å². The molecular formula is C25H28F2N2O2. The van der Waals surface area contributed by atoms with Crippen molar-refractivity contribution in [1.82, 2.24) is 10.6 Å². The monoisotopic (exact) mass is 426 g/mol. The first-order valence-corrected chi connectivity index (χ1v) is 10.5. The molecule has 1 amide bonds. The number of benzene rings is 3. The SMILES string of the molecule is CCC(F)(F)c1ccc(Oc2cccc3cc(C(=O)N[C@H](C)CCNC)ccc23)cc1. The van der Waals surface area contributed by atoms with Crippen LogP contribution >= 0.6 is 0 Å². The van der Waals surface area contributed by atoms with Crippen LogP contribution in [0.1, 0.15) is 42.6 Å². The number of amides is 1. The van der Waals surface area contributed by atoms with Crippen LogP contribution in [0.4, 0.5) is 8.78 Å². The lowest BCUT2D eigenvalue weighted by atomic mass is 10.0. The fraction of sp³-hybridized carbons (Fsp3) is 0.320. The van der Waals surface area contributed by atoms with Crippen molar-refractivity contribution in [3.8, 4) is 11.5 Å². The van der Waals surface area contributed by atoms with E-state index in [0.717, 1.165) is 23.7 Å². The number of fused-ring (bicyclic) bond motifs is 1. The third-order valence-corrected chi connectivity index (χ3v) is 5.26. The van der Waals surface area contributed by atoms with Gasteiger partial charge >= 0.3 is 0 Å². The standard InChI is InChI=1S/C25H28F2N2O2/c1-4-25(26,27)20-9-11-21(12-10-20)31-23-7-5-6-18-16-19(8-13-22(18)23)24(30)29-17(2)14-15-28-3/h5-13,16-17,28H,4,14-15H2,1-3H3,(H,29,30)/t17-/m1/s1. The van der Waals surface area contributed by atoms with Crippen molar-refractivity contribution in [3.05, 3.63) is 71.8 Å². The van der Waals surface area contributed by atoms with Crippen molar-refractivity contribution in [1.29, 1.82) is 0 Å². The van der Waals surface area contributed by atoms with Crippen molar-refractivity contribution >= 4 is 16.7 Å². The number of rotatable bonds is 9. The second-order valence-corrected chi connectivity index (χ2v) is 7.64. The Morgan fingerprint density at radius 3 is 2.52 bits per heavy atom. The maximum atomic E-state index is 13.8. The smallest absolute Gasteiger partial charge is 0.273 e. The second-order valence-electron chi connectivity index (χ2n) is 7.64. The lowest BCUT2D eigenvalue weighted by Crippen LogP contribution is -2.34. The summed E-state index contributed by atoms with van der Waals surface area (Å²) in [4.78, 5) is 12.6. The van der Waals surface area contributed by atoms with Gasteiger partial charge in [-0.2, -0.15) is 0 Å². The van der Waals surface area contributed by atoms with E-state index in [4.69, 9.17) is 4.74 Å². The Labute approximate surface area is 181 Å². The second kappa shape index (κ2) is 9.88. The van der Waals surface area contributed by atoms with Crippen molar-refractivity contribution in [2.45, 2.75) is 38.7 Å². The highest BCUT2D eigenvalue weighted by molar-refractivity contribution is 6.00. The van der Waals surface area contributed by atoms with Gasteiger partial charge in [0.2, 0.25) is 0 Å². The van der Waals surface area contributed by atoms with Gasteiger partial charge in [0.15, 0.2) is 0 Å². The molecule has 0 saturated carbocycles. The molecule has 2 N–H and O–H groups in total. The van der Waals surface area contributed by atoms with Gasteiger partial charge in [-0.3, -0.25) is 4.79 Å². The van der Waals surface area contributed by atoms with Crippen LogP contribution in [0.3, 0.4) is 0 Å². The Kier molecular flexibility index (Phi) is 7.23. The summed E-state index contributed by atoms with van der Waals surface area (Å²) < 4.78 is 33.6. The lowest BCUT2D eigenvalue weighted by Gasteiger charge is -2.15. The topological polar surface area (TPSA) is 50.4 Å². The maximum absolute atomic E-state index is 13.8. The van der Waals surface area contributed by atoms with Gasteiger partial charge in [0.05, 0.1) is 0 Å². The van der Waals surface area contributed by atoms with E-state index in [-0.39, 0.29) is 23.9 Å². The molecule has 0 spiro atoms. The average Bonchev–Trinajstić information content (AvgIpc) is 2.78. The fourth-order valence-electron chi connectivity index (χ4n) is 3.32. The largest absolute Gasteiger partial charge is 0.457 e. The summed E-state index contributed by atoms with van der Waals surface area (Å²) in [6, 6.07) is 16.9. The molecule has 31 heavy (non-hydrogen) atoms. The van der Waals surface area contributed by atoms with Crippen molar-refractivity contribution in [2.24, 2.45) is 0 Å². The van der Waals surface area contributed by atoms with E-state index in [2.05, 4.69) is 10.6 Å². The van der Waals surface area contributed by atoms with Gasteiger partial charge in [-0.05, 0) is 80.9 Å². The number of nitrogens with one attached hydrogen (secondary N) is 2. The molecule has 164 valence electrons. The summed E-state index contributed by atoms with van der Waals surface area (Å²) in [6.45, 7) is 4.26. The summed E-state index contributed by atoms with van der Waals surface area (Å²) in [6.07, 6.45) is 0.595. The molecule has 0 saturated heterocycles. The molecule has 0 unspecified atom stereocenters. The van der Waals surface area contributed by atoms with Gasteiger partial charge < -0.3 is 15.4 Å². The third kappa shape index (κ3) is 5.58. The molecule has 0 bridgehead atoms. The molecule has 0 aliphatic rings. The number of ether oxygens (including phenoxy) is 1. The molecule has 4 nitrogen and oxygen atoms in total. The zero-order valence-corrected chi connectivity index (χ0v) is 18.0. The Morgan fingerprint density at radius 1 is 1.10 bits per heavy atom. The van der Waals surface area contributed by atoms with Gasteiger partial charge in [-0.15, -0.1) is 0 Å². The van der Waals surface area contributed by atoms with Crippen LogP contribution < -0.4 is 15.4 Å². The lowest BCUT2D eigenvalue weighted by molar-refractivity contribution is -0.00831. The molecule has 6 heteroatoms. The highest BCUT2D eigenvalue weighted by Crippen LogP contribution is 2.34. The Hall–Kier alpha value is -2.99. The Balaban J connectivity index is 1.78. The van der Waals surface area contributed by atoms with Crippen LogP contribution in [0.15, 0.2) is 60.7 Å². The van der Waals surface area contributed by atoms with Gasteiger partial charge in [0.25, 0.3) is 11.8 Å². The van der Waals surface area contributed by atoms with E-state index in [1.807, 2.05) is 44.3 Å². The van der Waals surface area contributed by atoms with E-state index in [0.29, 0.717) is 17.1 Å². The molecule has 0 radical (unpaired) electrons. The van der Waals surface area contributed by atoms with Gasteiger partial charge in [-0.25, -0.2) is 8.78 Å². The number of carbonyl (C=O) groups excluding carboxylic acids is 1. The normalized spacial score (nSPS) is 12.5. The van der Waals surface area contributed by atoms with Crippen LogP contribution in [-0.4, -0.2) is 25.5 Å². The minimum Gasteiger partial charge on any atom is -0.457 e. The third-order valence-electron chi connectivity index (χ3n) is 5.26. The van der Waals surface area contributed by atoms with E-state index in [1.54, 1.807) is 18.2 Å². The maximum Gasteiger partial charge on any atom is 0.273 e. The number of halogens is 2. The van der Waals surface area contributed by atoms with Crippen LogP contribution in [0.25, 0.3) is 10.8 Å². The first-order valence-electron chi connectivity index (χ1n) is 10.5. The summed E-state index contributed by atoms with van der Waals surface area (Å²) in [5.74, 6) is -1.89. The summed E-state index contributed by atoms with van der Waals surface area (Å²) in [5, 5.41) is 7.78. The Bertz CT molecular complexity index is 1040. The fourth-order valence-corrected chi connectivity index (χ4v) is 3.32. The molecule has 3 aromatic rings. The highest BCUT2D eigenvalue weighted by atomic mass is 19.3. The van der Waals surface area contributed by atoms with Crippen LogP contribution in [0.5, 0.6) is 11.5 Å². The zero-order chi connectivity index (χ0) is 22.4. The van der Waals surface area contributed by atoms with Crippen LogP contribution in [0.2, 0.25) is 0 Å². The predicted molar refractivity (Wildman–Crippen MR) is 120 cm³/mol. The van der Waals surface area contributed by atoms with Gasteiger partial charge in [0, 0.05) is 29.0 Å². The van der Waals surface area contributed by atoms with Gasteiger partial charge in [0.1, 0.15) is 11.5 Å². The first kappa shape index (κ1) is 22.7. The number of carbonyl (C=O) groups is 1. The van der Waals surface area contributed by atoms with Crippen LogP contribution in [-0.2, 0) is 5.92 Å². The molecule has 1 atom stereocenters. The first-order chi connectivity index (χ1) is 14.8. The van der Waals surface area contributed by atoms with E-state index in [9.17, 15) is 13.6 Å².